The van der Waals surface area contributed by atoms with Gasteiger partial charge in [0.2, 0.25) is 0 Å². The van der Waals surface area contributed by atoms with Crippen molar-refractivity contribution in [3.05, 3.63) is 81.7 Å². The molecule has 1 aromatic heterocycles. The second-order valence-electron chi connectivity index (χ2n) is 10.1. The molecule has 0 aliphatic carbocycles. The van der Waals surface area contributed by atoms with Crippen molar-refractivity contribution < 1.29 is 0 Å². The minimum absolute atomic E-state index is 0.173. The van der Waals surface area contributed by atoms with Crippen molar-refractivity contribution in [2.75, 3.05) is 6.54 Å². The van der Waals surface area contributed by atoms with E-state index in [0.717, 1.165) is 18.7 Å². The summed E-state index contributed by atoms with van der Waals surface area (Å²) in [5, 5.41) is 0. The van der Waals surface area contributed by atoms with E-state index >= 15 is 0 Å². The fourth-order valence-corrected chi connectivity index (χ4v) is 4.98. The number of aliphatic imine (C=N–C) groups is 1. The number of fused-ring (bicyclic) bond motifs is 1. The maximum absolute atomic E-state index is 4.91. The van der Waals surface area contributed by atoms with Gasteiger partial charge in [0.25, 0.3) is 0 Å². The molecule has 0 bridgehead atoms. The number of hydrogen-bond acceptors (Lipinski definition) is 2. The molecule has 0 unspecified atom stereocenters. The predicted octanol–water partition coefficient (Wildman–Crippen LogP) is 7.40. The minimum atomic E-state index is 0.173. The molecule has 1 aliphatic rings. The molecule has 0 saturated heterocycles. The first kappa shape index (κ1) is 20.1. The highest BCUT2D eigenvalue weighted by Gasteiger charge is 2.21. The average molecular weight is 402 g/mol. The molecule has 2 heteroatoms. The van der Waals surface area contributed by atoms with Gasteiger partial charge in [0.15, 0.2) is 0 Å². The van der Waals surface area contributed by atoms with Gasteiger partial charge in [0.1, 0.15) is 0 Å². The molecule has 2 aromatic carbocycles. The van der Waals surface area contributed by atoms with Gasteiger partial charge in [-0.1, -0.05) is 90.1 Å². The van der Waals surface area contributed by atoms with Crippen molar-refractivity contribution in [1.29, 1.82) is 0 Å². The van der Waals surface area contributed by atoms with Crippen LogP contribution < -0.4 is 0 Å². The summed E-state index contributed by atoms with van der Waals surface area (Å²) in [4.78, 5) is 7.72. The van der Waals surface area contributed by atoms with Crippen molar-refractivity contribution in [2.45, 2.75) is 58.8 Å². The van der Waals surface area contributed by atoms with Gasteiger partial charge in [0.05, 0.1) is 5.71 Å². The average Bonchev–Trinajstić information content (AvgIpc) is 3.11. The molecule has 0 saturated carbocycles. The van der Waals surface area contributed by atoms with Crippen LogP contribution in [0.5, 0.6) is 0 Å². The Morgan fingerprint density at radius 2 is 1.24 bits per heavy atom. The second-order valence-corrected chi connectivity index (χ2v) is 11.2. The fraction of sp³-hybridized carbons (Fsp3) is 0.370. The van der Waals surface area contributed by atoms with Gasteiger partial charge in [-0.05, 0) is 33.6 Å². The highest BCUT2D eigenvalue weighted by atomic mass is 32.1. The van der Waals surface area contributed by atoms with Crippen molar-refractivity contribution >= 4 is 17.0 Å². The topological polar surface area (TPSA) is 12.4 Å². The van der Waals surface area contributed by atoms with Crippen LogP contribution in [0.2, 0.25) is 0 Å². The summed E-state index contributed by atoms with van der Waals surface area (Å²) in [6, 6.07) is 20.4. The summed E-state index contributed by atoms with van der Waals surface area (Å²) in [5.74, 6) is 0. The van der Waals surface area contributed by atoms with Crippen LogP contribution in [0.3, 0.4) is 0 Å². The lowest BCUT2D eigenvalue weighted by Crippen LogP contribution is -2.14. The Balaban J connectivity index is 1.66. The van der Waals surface area contributed by atoms with Crippen LogP contribution in [0.15, 0.2) is 59.6 Å². The largest absolute Gasteiger partial charge is 0.284 e. The van der Waals surface area contributed by atoms with Crippen LogP contribution in [0.1, 0.15) is 68.7 Å². The zero-order valence-electron chi connectivity index (χ0n) is 18.5. The quantitative estimate of drug-likeness (QED) is 0.424. The molecule has 0 atom stereocenters. The zero-order chi connectivity index (χ0) is 20.8. The minimum Gasteiger partial charge on any atom is -0.284 e. The van der Waals surface area contributed by atoms with E-state index in [1.807, 2.05) is 11.3 Å². The van der Waals surface area contributed by atoms with E-state index in [0.29, 0.717) is 0 Å². The molecule has 3 aromatic rings. The summed E-state index contributed by atoms with van der Waals surface area (Å²) in [5.41, 5.74) is 8.11. The Morgan fingerprint density at radius 3 is 1.76 bits per heavy atom. The van der Waals surface area contributed by atoms with E-state index in [9.17, 15) is 0 Å². The molecule has 0 spiro atoms. The van der Waals surface area contributed by atoms with Gasteiger partial charge < -0.3 is 0 Å². The van der Waals surface area contributed by atoms with Crippen LogP contribution in [0.25, 0.3) is 10.4 Å². The number of benzene rings is 2. The number of hydrogen-bond donors (Lipinski definition) is 0. The molecule has 1 nitrogen and oxygen atoms in total. The van der Waals surface area contributed by atoms with Crippen molar-refractivity contribution in [3.63, 3.8) is 0 Å². The summed E-state index contributed by atoms with van der Waals surface area (Å²) in [6.45, 7) is 14.4. The Kier molecular flexibility index (Phi) is 5.02. The number of rotatable bonds is 2. The Labute approximate surface area is 179 Å². The number of thiophene rings is 1. The Hall–Kier alpha value is -2.19. The number of nitrogens with zero attached hydrogens (tertiary/aromatic N) is 1. The molecular formula is C27H31NS. The van der Waals surface area contributed by atoms with E-state index in [2.05, 4.69) is 96.1 Å². The van der Waals surface area contributed by atoms with E-state index in [1.54, 1.807) is 0 Å². The van der Waals surface area contributed by atoms with Gasteiger partial charge in [-0.2, -0.15) is 0 Å². The lowest BCUT2D eigenvalue weighted by atomic mass is 9.86. The van der Waals surface area contributed by atoms with E-state index in [4.69, 9.17) is 4.99 Å². The summed E-state index contributed by atoms with van der Waals surface area (Å²) in [7, 11) is 0. The highest BCUT2D eigenvalue weighted by molar-refractivity contribution is 7.16. The fourth-order valence-electron chi connectivity index (χ4n) is 3.82. The molecule has 4 rings (SSSR count). The first-order valence-corrected chi connectivity index (χ1v) is 11.3. The normalized spacial score (nSPS) is 14.5. The maximum atomic E-state index is 4.91. The van der Waals surface area contributed by atoms with Crippen molar-refractivity contribution in [3.8, 4) is 10.4 Å². The smallest absolute Gasteiger partial charge is 0.0730 e. The SMILES string of the molecule is CC(C)(C)c1ccc(C2=NCCc3sc(-c4ccc(C(C)(C)C)cc4)cc32)cc1. The molecule has 29 heavy (non-hydrogen) atoms. The van der Waals surface area contributed by atoms with Crippen LogP contribution >= 0.6 is 11.3 Å². The lowest BCUT2D eigenvalue weighted by Gasteiger charge is -2.20. The van der Waals surface area contributed by atoms with E-state index in [-0.39, 0.29) is 10.8 Å². The third-order valence-electron chi connectivity index (χ3n) is 5.73. The van der Waals surface area contributed by atoms with Gasteiger partial charge in [-0.25, -0.2) is 0 Å². The first-order valence-electron chi connectivity index (χ1n) is 10.5. The van der Waals surface area contributed by atoms with Gasteiger partial charge >= 0.3 is 0 Å². The summed E-state index contributed by atoms with van der Waals surface area (Å²) in [6.07, 6.45) is 1.05. The van der Waals surface area contributed by atoms with Crippen LogP contribution in [0.4, 0.5) is 0 Å². The molecule has 0 radical (unpaired) electrons. The summed E-state index contributed by atoms with van der Waals surface area (Å²) >= 11 is 1.93. The molecule has 1 aliphatic heterocycles. The Morgan fingerprint density at radius 1 is 0.724 bits per heavy atom. The van der Waals surface area contributed by atoms with Gasteiger partial charge in [0, 0.05) is 33.8 Å². The second kappa shape index (κ2) is 7.25. The standard InChI is InChI=1S/C27H31NS/c1-26(2,3)20-11-7-18(8-12-20)24-17-22-23(29-24)15-16-28-25(22)19-9-13-21(14-10-19)27(4,5)6/h7-14,17H,15-16H2,1-6H3. The van der Waals surface area contributed by atoms with Crippen LogP contribution in [0, 0.1) is 0 Å². The molecule has 0 amide bonds. The third kappa shape index (κ3) is 4.09. The molecule has 0 N–H and O–H groups in total. The zero-order valence-corrected chi connectivity index (χ0v) is 19.3. The Bertz CT molecular complexity index is 1040. The van der Waals surface area contributed by atoms with Crippen LogP contribution in [-0.2, 0) is 17.3 Å². The van der Waals surface area contributed by atoms with Gasteiger partial charge in [-0.15, -0.1) is 11.3 Å². The molecular weight excluding hydrogens is 370 g/mol. The monoisotopic (exact) mass is 401 g/mol. The third-order valence-corrected chi connectivity index (χ3v) is 6.98. The van der Waals surface area contributed by atoms with Crippen molar-refractivity contribution in [2.24, 2.45) is 4.99 Å². The van der Waals surface area contributed by atoms with Gasteiger partial charge in [-0.3, -0.25) is 4.99 Å². The van der Waals surface area contributed by atoms with E-state index in [1.165, 1.54) is 37.6 Å². The van der Waals surface area contributed by atoms with Crippen molar-refractivity contribution in [1.82, 2.24) is 0 Å². The highest BCUT2D eigenvalue weighted by Crippen LogP contribution is 2.36. The maximum Gasteiger partial charge on any atom is 0.0730 e. The molecule has 2 heterocycles. The summed E-state index contributed by atoms with van der Waals surface area (Å²) < 4.78 is 0. The van der Waals surface area contributed by atoms with E-state index < -0.39 is 0 Å². The lowest BCUT2D eigenvalue weighted by molar-refractivity contribution is 0.590. The molecule has 150 valence electrons. The van der Waals surface area contributed by atoms with Crippen LogP contribution in [-0.4, -0.2) is 12.3 Å². The molecule has 0 fully saturated rings. The first-order chi connectivity index (χ1) is 13.6. The predicted molar refractivity (Wildman–Crippen MR) is 128 cm³/mol.